The van der Waals surface area contributed by atoms with Crippen LogP contribution in [0.5, 0.6) is 0 Å². The average molecular weight is 387 g/mol. The summed E-state index contributed by atoms with van der Waals surface area (Å²) < 4.78 is 43.8. The van der Waals surface area contributed by atoms with Crippen LogP contribution in [0.25, 0.3) is 11.5 Å². The molecule has 9 heteroatoms. The van der Waals surface area contributed by atoms with Crippen molar-refractivity contribution in [3.05, 3.63) is 60.0 Å². The molecule has 6 nitrogen and oxygen atoms in total. The third-order valence-corrected chi connectivity index (χ3v) is 3.96. The highest BCUT2D eigenvalue weighted by Gasteiger charge is 2.30. The Labute approximate surface area is 159 Å². The summed E-state index contributed by atoms with van der Waals surface area (Å²) >= 11 is 0. The Bertz CT molecular complexity index is 976. The molecule has 0 saturated heterocycles. The van der Waals surface area contributed by atoms with Crippen molar-refractivity contribution in [3.8, 4) is 17.6 Å². The molecule has 0 saturated carbocycles. The molecule has 0 fully saturated rings. The fraction of sp³-hybridized carbons (Fsp3) is 0.211. The lowest BCUT2D eigenvalue weighted by Crippen LogP contribution is -2.16. The molecule has 0 radical (unpaired) electrons. The van der Waals surface area contributed by atoms with E-state index in [4.69, 9.17) is 9.68 Å². The van der Waals surface area contributed by atoms with Crippen LogP contribution >= 0.6 is 0 Å². The SMILES string of the molecule is CCN(C#N)Cc1nnc(-c2ccccc2Nc2ccc(C(F)(F)F)cc2)o1. The molecule has 2 aromatic carbocycles. The standard InChI is InChI=1S/C19H16F3N5O/c1-2-27(12-23)11-17-25-26-18(28-17)15-5-3-4-6-16(15)24-14-9-7-13(8-10-14)19(20,21)22/h3-10,24H,2,11H2,1H3. The maximum atomic E-state index is 12.7. The van der Waals surface area contributed by atoms with Gasteiger partial charge in [-0.05, 0) is 43.3 Å². The molecule has 1 heterocycles. The highest BCUT2D eigenvalue weighted by molar-refractivity contribution is 5.76. The maximum Gasteiger partial charge on any atom is 0.416 e. The molecular formula is C19H16F3N5O. The first kappa shape index (κ1) is 19.2. The van der Waals surface area contributed by atoms with Gasteiger partial charge in [-0.2, -0.15) is 18.4 Å². The summed E-state index contributed by atoms with van der Waals surface area (Å²) in [5, 5.41) is 20.0. The number of aromatic nitrogens is 2. The van der Waals surface area contributed by atoms with Gasteiger partial charge in [-0.1, -0.05) is 12.1 Å². The highest BCUT2D eigenvalue weighted by Crippen LogP contribution is 2.32. The van der Waals surface area contributed by atoms with Crippen LogP contribution in [0.3, 0.4) is 0 Å². The van der Waals surface area contributed by atoms with Gasteiger partial charge in [0.15, 0.2) is 6.19 Å². The first-order chi connectivity index (χ1) is 13.4. The van der Waals surface area contributed by atoms with Gasteiger partial charge in [-0.15, -0.1) is 10.2 Å². The molecule has 1 N–H and O–H groups in total. The van der Waals surface area contributed by atoms with Crippen LogP contribution in [-0.2, 0) is 12.7 Å². The summed E-state index contributed by atoms with van der Waals surface area (Å²) in [5.41, 5.74) is 0.971. The molecule has 1 aromatic heterocycles. The predicted octanol–water partition coefficient (Wildman–Crippen LogP) is 4.80. The number of hydrogen-bond donors (Lipinski definition) is 1. The van der Waals surface area contributed by atoms with Crippen molar-refractivity contribution >= 4 is 11.4 Å². The Hall–Kier alpha value is -3.54. The van der Waals surface area contributed by atoms with Gasteiger partial charge >= 0.3 is 6.18 Å². The van der Waals surface area contributed by atoms with Gasteiger partial charge in [-0.25, -0.2) is 0 Å². The molecule has 0 atom stereocenters. The minimum atomic E-state index is -4.38. The number of nitrogens with zero attached hydrogens (tertiary/aromatic N) is 4. The number of nitrogens with one attached hydrogen (secondary N) is 1. The van der Waals surface area contributed by atoms with E-state index >= 15 is 0 Å². The molecule has 0 aliphatic carbocycles. The molecular weight excluding hydrogens is 371 g/mol. The lowest BCUT2D eigenvalue weighted by atomic mass is 10.1. The number of benzene rings is 2. The van der Waals surface area contributed by atoms with Crippen LogP contribution in [0.2, 0.25) is 0 Å². The number of anilines is 2. The Balaban J connectivity index is 1.82. The van der Waals surface area contributed by atoms with Crippen molar-refractivity contribution in [1.82, 2.24) is 15.1 Å². The maximum absolute atomic E-state index is 12.7. The molecule has 0 aliphatic rings. The zero-order valence-corrected chi connectivity index (χ0v) is 14.9. The van der Waals surface area contributed by atoms with Gasteiger partial charge in [0.05, 0.1) is 16.8 Å². The van der Waals surface area contributed by atoms with E-state index in [2.05, 4.69) is 15.5 Å². The van der Waals surface area contributed by atoms with Crippen LogP contribution in [0.4, 0.5) is 24.5 Å². The topological polar surface area (TPSA) is 78.0 Å². The molecule has 0 spiro atoms. The zero-order valence-electron chi connectivity index (χ0n) is 14.9. The van der Waals surface area contributed by atoms with Crippen molar-refractivity contribution < 1.29 is 17.6 Å². The second-order valence-electron chi connectivity index (χ2n) is 5.86. The quantitative estimate of drug-likeness (QED) is 0.483. The first-order valence-corrected chi connectivity index (χ1v) is 8.41. The van der Waals surface area contributed by atoms with E-state index in [0.717, 1.165) is 12.1 Å². The van der Waals surface area contributed by atoms with Crippen molar-refractivity contribution in [2.75, 3.05) is 11.9 Å². The number of rotatable bonds is 6. The van der Waals surface area contributed by atoms with Crippen LogP contribution in [-0.4, -0.2) is 21.6 Å². The smallest absolute Gasteiger partial charge is 0.416 e. The molecule has 0 bridgehead atoms. The van der Waals surface area contributed by atoms with Gasteiger partial charge in [0.25, 0.3) is 0 Å². The van der Waals surface area contributed by atoms with Crippen LogP contribution in [0.1, 0.15) is 18.4 Å². The molecule has 3 rings (SSSR count). The lowest BCUT2D eigenvalue weighted by Gasteiger charge is -2.11. The van der Waals surface area contributed by atoms with Crippen molar-refractivity contribution in [2.45, 2.75) is 19.6 Å². The molecule has 0 unspecified atom stereocenters. The van der Waals surface area contributed by atoms with E-state index in [-0.39, 0.29) is 12.4 Å². The van der Waals surface area contributed by atoms with E-state index in [1.807, 2.05) is 13.1 Å². The molecule has 28 heavy (non-hydrogen) atoms. The van der Waals surface area contributed by atoms with Crippen molar-refractivity contribution in [2.24, 2.45) is 0 Å². The number of halogens is 3. The Morgan fingerprint density at radius 3 is 2.46 bits per heavy atom. The minimum absolute atomic E-state index is 0.203. The van der Waals surface area contributed by atoms with E-state index in [1.54, 1.807) is 24.3 Å². The molecule has 0 aliphatic heterocycles. The summed E-state index contributed by atoms with van der Waals surface area (Å²) in [5.74, 6) is 0.543. The second kappa shape index (κ2) is 8.00. The fourth-order valence-corrected chi connectivity index (χ4v) is 2.48. The summed E-state index contributed by atoms with van der Waals surface area (Å²) in [6.07, 6.45) is -2.36. The van der Waals surface area contributed by atoms with Crippen LogP contribution < -0.4 is 5.32 Å². The van der Waals surface area contributed by atoms with Gasteiger partial charge < -0.3 is 14.6 Å². The van der Waals surface area contributed by atoms with E-state index < -0.39 is 11.7 Å². The third kappa shape index (κ3) is 4.40. The molecule has 3 aromatic rings. The van der Waals surface area contributed by atoms with Gasteiger partial charge in [0, 0.05) is 12.2 Å². The normalized spacial score (nSPS) is 11.1. The Morgan fingerprint density at radius 1 is 1.11 bits per heavy atom. The number of alkyl halides is 3. The van der Waals surface area contributed by atoms with Gasteiger partial charge in [0.1, 0.15) is 6.54 Å². The number of para-hydroxylation sites is 1. The van der Waals surface area contributed by atoms with Crippen molar-refractivity contribution in [1.29, 1.82) is 5.26 Å². The number of hydrogen-bond acceptors (Lipinski definition) is 6. The second-order valence-corrected chi connectivity index (χ2v) is 5.86. The minimum Gasteiger partial charge on any atom is -0.419 e. The summed E-state index contributed by atoms with van der Waals surface area (Å²) in [4.78, 5) is 1.46. The monoisotopic (exact) mass is 387 g/mol. The highest BCUT2D eigenvalue weighted by atomic mass is 19.4. The average Bonchev–Trinajstić information content (AvgIpc) is 3.14. The van der Waals surface area contributed by atoms with Crippen LogP contribution in [0.15, 0.2) is 52.9 Å². The van der Waals surface area contributed by atoms with E-state index in [0.29, 0.717) is 29.4 Å². The van der Waals surface area contributed by atoms with E-state index in [9.17, 15) is 13.2 Å². The molecule has 0 amide bonds. The van der Waals surface area contributed by atoms with Crippen molar-refractivity contribution in [3.63, 3.8) is 0 Å². The summed E-state index contributed by atoms with van der Waals surface area (Å²) in [6, 6.07) is 11.8. The largest absolute Gasteiger partial charge is 0.419 e. The Morgan fingerprint density at radius 2 is 1.82 bits per heavy atom. The fourth-order valence-electron chi connectivity index (χ4n) is 2.48. The summed E-state index contributed by atoms with van der Waals surface area (Å²) in [6.45, 7) is 2.55. The predicted molar refractivity (Wildman–Crippen MR) is 96.2 cm³/mol. The van der Waals surface area contributed by atoms with Crippen LogP contribution in [0, 0.1) is 11.5 Å². The number of nitriles is 1. The van der Waals surface area contributed by atoms with Gasteiger partial charge in [-0.3, -0.25) is 0 Å². The Kier molecular flexibility index (Phi) is 5.49. The van der Waals surface area contributed by atoms with Gasteiger partial charge in [0.2, 0.25) is 11.8 Å². The zero-order chi connectivity index (χ0) is 20.1. The third-order valence-electron chi connectivity index (χ3n) is 3.96. The lowest BCUT2D eigenvalue weighted by molar-refractivity contribution is -0.137. The van der Waals surface area contributed by atoms with E-state index in [1.165, 1.54) is 17.0 Å². The first-order valence-electron chi connectivity index (χ1n) is 8.41. The molecule has 144 valence electrons. The summed E-state index contributed by atoms with van der Waals surface area (Å²) in [7, 11) is 0.